The van der Waals surface area contributed by atoms with Gasteiger partial charge in [0, 0.05) is 42.0 Å². The van der Waals surface area contributed by atoms with Crippen LogP contribution in [0, 0.1) is 15.9 Å². The molecular formula is C21H17ClFN3O6. The number of hydrogen-bond acceptors (Lipinski definition) is 6. The Morgan fingerprint density at radius 2 is 1.56 bits per heavy atom. The number of amides is 3. The second kappa shape index (κ2) is 9.65. The molecule has 3 rings (SSSR count). The number of carbonyl (C=O) groups excluding carboxylic acids is 4. The highest BCUT2D eigenvalue weighted by molar-refractivity contribution is 6.18. The molecule has 9 nitrogen and oxygen atoms in total. The second-order valence-electron chi connectivity index (χ2n) is 6.92. The third-order valence-electron chi connectivity index (χ3n) is 4.88. The van der Waals surface area contributed by atoms with Gasteiger partial charge in [-0.1, -0.05) is 0 Å². The van der Waals surface area contributed by atoms with Crippen molar-refractivity contribution in [2.24, 2.45) is 0 Å². The summed E-state index contributed by atoms with van der Waals surface area (Å²) < 4.78 is 13.3. The number of alkyl halides is 1. The summed E-state index contributed by atoms with van der Waals surface area (Å²) in [4.78, 5) is 61.7. The van der Waals surface area contributed by atoms with Gasteiger partial charge in [-0.2, -0.15) is 5.01 Å². The number of nitrogens with zero attached hydrogens (tertiary/aromatic N) is 3. The van der Waals surface area contributed by atoms with E-state index in [1.54, 1.807) is 0 Å². The summed E-state index contributed by atoms with van der Waals surface area (Å²) in [7, 11) is 0. The van der Waals surface area contributed by atoms with Crippen molar-refractivity contribution in [3.8, 4) is 0 Å². The van der Waals surface area contributed by atoms with Crippen LogP contribution in [0.1, 0.15) is 40.0 Å². The lowest BCUT2D eigenvalue weighted by Crippen LogP contribution is -2.57. The summed E-state index contributed by atoms with van der Waals surface area (Å²) in [5, 5.41) is 12.3. The highest BCUT2D eigenvalue weighted by atomic mass is 35.5. The van der Waals surface area contributed by atoms with Gasteiger partial charge in [0.25, 0.3) is 11.6 Å². The van der Waals surface area contributed by atoms with Crippen LogP contribution in [0.15, 0.2) is 48.5 Å². The number of hydrogen-bond donors (Lipinski definition) is 0. The molecule has 0 bridgehead atoms. The van der Waals surface area contributed by atoms with Gasteiger partial charge < -0.3 is 0 Å². The number of rotatable bonds is 8. The Hall–Kier alpha value is -3.66. The van der Waals surface area contributed by atoms with E-state index >= 15 is 0 Å². The maximum Gasteiger partial charge on any atom is 0.273 e. The summed E-state index contributed by atoms with van der Waals surface area (Å²) in [6.45, 7) is 0. The molecule has 0 radical (unpaired) electrons. The summed E-state index contributed by atoms with van der Waals surface area (Å²) in [5.41, 5.74) is -0.280. The van der Waals surface area contributed by atoms with Crippen LogP contribution in [0.5, 0.6) is 0 Å². The molecule has 1 aliphatic heterocycles. The zero-order valence-electron chi connectivity index (χ0n) is 16.6. The molecule has 1 atom stereocenters. The molecule has 3 amide bonds. The van der Waals surface area contributed by atoms with E-state index in [4.69, 9.17) is 11.6 Å². The van der Waals surface area contributed by atoms with Crippen LogP contribution in [0.3, 0.4) is 0 Å². The zero-order chi connectivity index (χ0) is 23.4. The number of halogens is 2. The number of non-ortho nitro benzene ring substituents is 1. The Morgan fingerprint density at radius 1 is 1.03 bits per heavy atom. The highest BCUT2D eigenvalue weighted by Crippen LogP contribution is 2.25. The molecule has 1 fully saturated rings. The molecule has 166 valence electrons. The lowest BCUT2D eigenvalue weighted by atomic mass is 10.0. The number of carbonyl (C=O) groups is 4. The van der Waals surface area contributed by atoms with Gasteiger partial charge in [0.2, 0.25) is 11.8 Å². The number of nitro benzene ring substituents is 1. The number of nitro groups is 1. The van der Waals surface area contributed by atoms with Gasteiger partial charge in [0.15, 0.2) is 5.78 Å². The third kappa shape index (κ3) is 4.65. The minimum Gasteiger partial charge on any atom is -0.292 e. The second-order valence-corrected chi connectivity index (χ2v) is 7.30. The third-order valence-corrected chi connectivity index (χ3v) is 5.10. The van der Waals surface area contributed by atoms with E-state index in [1.807, 2.05) is 0 Å². The van der Waals surface area contributed by atoms with Crippen molar-refractivity contribution < 1.29 is 28.5 Å². The standard InChI is InChI=1S/C21H17ClFN3O6/c22-12-11-17(20(29)13-1-5-15(23)6-2-13)24(25-18(27)9-10-19(25)28)21(30)14-3-7-16(8-4-14)26(31)32/h1-8,17H,9-12H2/t17-/m0/s1. The first kappa shape index (κ1) is 23.0. The first-order valence-electron chi connectivity index (χ1n) is 9.54. The molecule has 2 aromatic rings. The molecule has 0 N–H and O–H groups in total. The summed E-state index contributed by atoms with van der Waals surface area (Å²) >= 11 is 5.87. The Balaban J connectivity index is 2.06. The fourth-order valence-electron chi connectivity index (χ4n) is 3.31. The van der Waals surface area contributed by atoms with E-state index < -0.39 is 40.3 Å². The van der Waals surface area contributed by atoms with E-state index in [9.17, 15) is 33.7 Å². The van der Waals surface area contributed by atoms with Crippen LogP contribution >= 0.6 is 11.6 Å². The average molecular weight is 462 g/mol. The minimum absolute atomic E-state index is 0.0575. The number of benzene rings is 2. The fraction of sp³-hybridized carbons (Fsp3) is 0.238. The summed E-state index contributed by atoms with van der Waals surface area (Å²) in [6.07, 6.45) is -0.379. The van der Waals surface area contributed by atoms with Crippen LogP contribution in [0.2, 0.25) is 0 Å². The lowest BCUT2D eigenvalue weighted by Gasteiger charge is -2.36. The minimum atomic E-state index is -1.34. The van der Waals surface area contributed by atoms with E-state index in [-0.39, 0.29) is 42.0 Å². The Morgan fingerprint density at radius 3 is 2.06 bits per heavy atom. The summed E-state index contributed by atoms with van der Waals surface area (Å²) in [6, 6.07) is 7.76. The van der Waals surface area contributed by atoms with Gasteiger partial charge >= 0.3 is 0 Å². The van der Waals surface area contributed by atoms with E-state index in [0.29, 0.717) is 5.01 Å². The van der Waals surface area contributed by atoms with Crippen molar-refractivity contribution in [2.75, 3.05) is 5.88 Å². The maximum atomic E-state index is 13.4. The molecular weight excluding hydrogens is 445 g/mol. The van der Waals surface area contributed by atoms with Crippen LogP contribution in [0.4, 0.5) is 10.1 Å². The largest absolute Gasteiger partial charge is 0.292 e. The first-order valence-corrected chi connectivity index (χ1v) is 10.1. The van der Waals surface area contributed by atoms with Crippen molar-refractivity contribution in [1.82, 2.24) is 10.0 Å². The van der Waals surface area contributed by atoms with Crippen molar-refractivity contribution in [1.29, 1.82) is 0 Å². The molecule has 0 spiro atoms. The molecule has 0 unspecified atom stereocenters. The van der Waals surface area contributed by atoms with Crippen molar-refractivity contribution in [3.63, 3.8) is 0 Å². The predicted octanol–water partition coefficient (Wildman–Crippen LogP) is 3.12. The molecule has 2 aromatic carbocycles. The predicted molar refractivity (Wildman–Crippen MR) is 110 cm³/mol. The molecule has 0 aliphatic carbocycles. The molecule has 0 saturated carbocycles. The van der Waals surface area contributed by atoms with Gasteiger partial charge in [0.05, 0.1) is 4.92 Å². The number of ketones is 1. The van der Waals surface area contributed by atoms with Crippen LogP contribution in [-0.4, -0.2) is 50.4 Å². The monoisotopic (exact) mass is 461 g/mol. The van der Waals surface area contributed by atoms with E-state index in [0.717, 1.165) is 29.3 Å². The molecule has 32 heavy (non-hydrogen) atoms. The smallest absolute Gasteiger partial charge is 0.273 e. The van der Waals surface area contributed by atoms with Crippen molar-refractivity contribution in [3.05, 3.63) is 75.6 Å². The van der Waals surface area contributed by atoms with Crippen LogP contribution in [-0.2, 0) is 9.59 Å². The van der Waals surface area contributed by atoms with Crippen molar-refractivity contribution >= 4 is 40.8 Å². The fourth-order valence-corrected chi connectivity index (χ4v) is 3.52. The molecule has 1 saturated heterocycles. The Kier molecular flexibility index (Phi) is 6.94. The van der Waals surface area contributed by atoms with Gasteiger partial charge in [0.1, 0.15) is 11.9 Å². The van der Waals surface area contributed by atoms with Crippen molar-refractivity contribution in [2.45, 2.75) is 25.3 Å². The SMILES string of the molecule is O=C(c1ccc(F)cc1)[C@H](CCCl)N(C(=O)c1ccc([N+](=O)[O-])cc1)N1C(=O)CCC1=O. The maximum absolute atomic E-state index is 13.4. The molecule has 11 heteroatoms. The Bertz CT molecular complexity index is 1060. The topological polar surface area (TPSA) is 118 Å². The first-order chi connectivity index (χ1) is 15.2. The van der Waals surface area contributed by atoms with Gasteiger partial charge in [-0.3, -0.25) is 29.3 Å². The van der Waals surface area contributed by atoms with E-state index in [1.165, 1.54) is 24.3 Å². The van der Waals surface area contributed by atoms with Gasteiger partial charge in [-0.25, -0.2) is 9.40 Å². The molecule has 0 aromatic heterocycles. The average Bonchev–Trinajstić information content (AvgIpc) is 3.11. The number of Topliss-reactive ketones (excluding diaryl/α,β-unsaturated/α-hetero) is 1. The van der Waals surface area contributed by atoms with Gasteiger partial charge in [-0.05, 0) is 42.8 Å². The zero-order valence-corrected chi connectivity index (χ0v) is 17.3. The lowest BCUT2D eigenvalue weighted by molar-refractivity contribution is -0.384. The molecule has 1 heterocycles. The number of hydrazine groups is 1. The van der Waals surface area contributed by atoms with Crippen LogP contribution < -0.4 is 0 Å². The highest BCUT2D eigenvalue weighted by Gasteiger charge is 2.43. The van der Waals surface area contributed by atoms with Crippen LogP contribution in [0.25, 0.3) is 0 Å². The van der Waals surface area contributed by atoms with E-state index in [2.05, 4.69) is 0 Å². The quantitative estimate of drug-likeness (QED) is 0.196. The van der Waals surface area contributed by atoms with Gasteiger partial charge in [-0.15, -0.1) is 11.6 Å². The molecule has 1 aliphatic rings. The summed E-state index contributed by atoms with van der Waals surface area (Å²) in [5.74, 6) is -3.52. The normalized spacial score (nSPS) is 14.4. The Labute approximate surface area is 186 Å². The number of imide groups is 1.